The first kappa shape index (κ1) is 15.5. The van der Waals surface area contributed by atoms with Crippen LogP contribution in [0, 0.1) is 5.41 Å². The van der Waals surface area contributed by atoms with Gasteiger partial charge >= 0.3 is 5.97 Å². The molecular formula is C15H23N3O3. The minimum Gasteiger partial charge on any atom is -0.481 e. The monoisotopic (exact) mass is 293 g/mol. The predicted molar refractivity (Wildman–Crippen MR) is 77.7 cm³/mol. The Morgan fingerprint density at radius 3 is 2.81 bits per heavy atom. The summed E-state index contributed by atoms with van der Waals surface area (Å²) in [4.78, 5) is 26.0. The lowest BCUT2D eigenvalue weighted by atomic mass is 9.76. The summed E-state index contributed by atoms with van der Waals surface area (Å²) >= 11 is 0. The molecule has 1 aliphatic rings. The molecule has 1 amide bonds. The van der Waals surface area contributed by atoms with Crippen LogP contribution in [-0.4, -0.2) is 44.8 Å². The number of piperidine rings is 1. The van der Waals surface area contributed by atoms with E-state index in [9.17, 15) is 14.7 Å². The Kier molecular flexibility index (Phi) is 4.65. The van der Waals surface area contributed by atoms with Crippen molar-refractivity contribution in [2.45, 2.75) is 45.6 Å². The first-order chi connectivity index (χ1) is 10.00. The Morgan fingerprint density at radius 2 is 2.24 bits per heavy atom. The highest BCUT2D eigenvalue weighted by atomic mass is 16.4. The third-order valence-corrected chi connectivity index (χ3v) is 4.35. The van der Waals surface area contributed by atoms with Gasteiger partial charge in [-0.1, -0.05) is 13.3 Å². The maximum atomic E-state index is 12.6. The van der Waals surface area contributed by atoms with E-state index in [1.165, 1.54) is 0 Å². The summed E-state index contributed by atoms with van der Waals surface area (Å²) in [7, 11) is 0. The number of likely N-dealkylation sites (tertiary alicyclic amines) is 1. The molecule has 21 heavy (non-hydrogen) atoms. The van der Waals surface area contributed by atoms with Crippen molar-refractivity contribution in [3.63, 3.8) is 0 Å². The van der Waals surface area contributed by atoms with E-state index in [1.54, 1.807) is 35.0 Å². The lowest BCUT2D eigenvalue weighted by Crippen LogP contribution is -2.51. The Hall–Kier alpha value is -1.85. The van der Waals surface area contributed by atoms with E-state index in [0.29, 0.717) is 25.9 Å². The van der Waals surface area contributed by atoms with Crippen molar-refractivity contribution in [3.05, 3.63) is 18.5 Å². The van der Waals surface area contributed by atoms with Crippen LogP contribution in [-0.2, 0) is 9.59 Å². The molecule has 2 unspecified atom stereocenters. The van der Waals surface area contributed by atoms with Crippen LogP contribution in [0.25, 0.3) is 0 Å². The highest BCUT2D eigenvalue weighted by molar-refractivity contribution is 5.82. The lowest BCUT2D eigenvalue weighted by Gasteiger charge is -2.40. The van der Waals surface area contributed by atoms with Gasteiger partial charge in [0.15, 0.2) is 0 Å². The van der Waals surface area contributed by atoms with Crippen LogP contribution in [0.5, 0.6) is 0 Å². The van der Waals surface area contributed by atoms with Crippen LogP contribution in [0.2, 0.25) is 0 Å². The number of carboxylic acids is 1. The van der Waals surface area contributed by atoms with Gasteiger partial charge in [0.1, 0.15) is 6.04 Å². The number of aliphatic carboxylic acids is 1. The van der Waals surface area contributed by atoms with E-state index in [1.807, 2.05) is 6.92 Å². The Bertz CT molecular complexity index is 496. The first-order valence-electron chi connectivity index (χ1n) is 7.51. The zero-order valence-corrected chi connectivity index (χ0v) is 12.7. The molecule has 1 aromatic rings. The van der Waals surface area contributed by atoms with Gasteiger partial charge in [0, 0.05) is 25.5 Å². The molecule has 116 valence electrons. The van der Waals surface area contributed by atoms with Gasteiger partial charge in [-0.15, -0.1) is 0 Å². The largest absolute Gasteiger partial charge is 0.481 e. The molecule has 2 rings (SSSR count). The number of carboxylic acid groups (broad SMARTS) is 1. The molecule has 1 aliphatic heterocycles. The molecule has 6 heteroatoms. The standard InChI is InChI=1S/C15H23N3O3/c1-3-6-15(14(20)21)7-4-9-17(11-15)13(19)12(2)18-10-5-8-16-18/h5,8,10,12H,3-4,6-7,9,11H2,1-2H3,(H,20,21). The van der Waals surface area contributed by atoms with E-state index < -0.39 is 17.4 Å². The summed E-state index contributed by atoms with van der Waals surface area (Å²) in [6.45, 7) is 4.72. The zero-order chi connectivity index (χ0) is 15.5. The van der Waals surface area contributed by atoms with Crippen molar-refractivity contribution in [1.29, 1.82) is 0 Å². The van der Waals surface area contributed by atoms with Gasteiger partial charge in [-0.05, 0) is 32.3 Å². The second kappa shape index (κ2) is 6.28. The molecule has 2 heterocycles. The average molecular weight is 293 g/mol. The quantitative estimate of drug-likeness (QED) is 0.900. The highest BCUT2D eigenvalue weighted by Crippen LogP contribution is 2.35. The predicted octanol–water partition coefficient (Wildman–Crippen LogP) is 1.94. The molecule has 1 fully saturated rings. The molecule has 0 aliphatic carbocycles. The molecular weight excluding hydrogens is 270 g/mol. The SMILES string of the molecule is CCCC1(C(=O)O)CCCN(C(=O)C(C)n2cccn2)C1. The van der Waals surface area contributed by atoms with Crippen LogP contribution in [0.15, 0.2) is 18.5 Å². The Labute approximate surface area is 124 Å². The molecule has 1 saturated heterocycles. The summed E-state index contributed by atoms with van der Waals surface area (Å²) in [5.74, 6) is -0.839. The first-order valence-corrected chi connectivity index (χ1v) is 7.51. The topological polar surface area (TPSA) is 75.4 Å². The summed E-state index contributed by atoms with van der Waals surface area (Å²) < 4.78 is 1.61. The van der Waals surface area contributed by atoms with E-state index in [2.05, 4.69) is 5.10 Å². The summed E-state index contributed by atoms with van der Waals surface area (Å²) in [5.41, 5.74) is -0.785. The highest BCUT2D eigenvalue weighted by Gasteiger charge is 2.43. The smallest absolute Gasteiger partial charge is 0.311 e. The van der Waals surface area contributed by atoms with Gasteiger partial charge in [-0.3, -0.25) is 14.3 Å². The third kappa shape index (κ3) is 3.09. The molecule has 0 aromatic carbocycles. The molecule has 0 spiro atoms. The number of amides is 1. The van der Waals surface area contributed by atoms with Crippen LogP contribution in [0.4, 0.5) is 0 Å². The number of hydrogen-bond acceptors (Lipinski definition) is 3. The van der Waals surface area contributed by atoms with Gasteiger partial charge in [0.2, 0.25) is 5.91 Å². The third-order valence-electron chi connectivity index (χ3n) is 4.35. The molecule has 1 aromatic heterocycles. The van der Waals surface area contributed by atoms with Gasteiger partial charge in [0.05, 0.1) is 5.41 Å². The molecule has 6 nitrogen and oxygen atoms in total. The van der Waals surface area contributed by atoms with E-state index in [4.69, 9.17) is 0 Å². The molecule has 1 N–H and O–H groups in total. The average Bonchev–Trinajstić information content (AvgIpc) is 3.00. The minimum atomic E-state index is -0.785. The van der Waals surface area contributed by atoms with Crippen molar-refractivity contribution in [3.8, 4) is 0 Å². The Morgan fingerprint density at radius 1 is 1.48 bits per heavy atom. The fourth-order valence-electron chi connectivity index (χ4n) is 3.17. The second-order valence-corrected chi connectivity index (χ2v) is 5.86. The fourth-order valence-corrected chi connectivity index (χ4v) is 3.17. The molecule has 0 saturated carbocycles. The van der Waals surface area contributed by atoms with Crippen LogP contribution in [0.3, 0.4) is 0 Å². The molecule has 2 atom stereocenters. The number of rotatable bonds is 5. The zero-order valence-electron chi connectivity index (χ0n) is 12.7. The van der Waals surface area contributed by atoms with E-state index in [-0.39, 0.29) is 5.91 Å². The molecule has 0 bridgehead atoms. The van der Waals surface area contributed by atoms with Crippen molar-refractivity contribution in [2.24, 2.45) is 5.41 Å². The van der Waals surface area contributed by atoms with E-state index >= 15 is 0 Å². The van der Waals surface area contributed by atoms with Crippen molar-refractivity contribution >= 4 is 11.9 Å². The van der Waals surface area contributed by atoms with E-state index in [0.717, 1.165) is 12.8 Å². The number of carbonyl (C=O) groups excluding carboxylic acids is 1. The number of hydrogen-bond donors (Lipinski definition) is 1. The minimum absolute atomic E-state index is 0.0554. The Balaban J connectivity index is 2.13. The maximum Gasteiger partial charge on any atom is 0.311 e. The molecule has 0 radical (unpaired) electrons. The summed E-state index contributed by atoms with van der Waals surface area (Å²) in [6.07, 6.45) is 6.20. The van der Waals surface area contributed by atoms with Crippen molar-refractivity contribution in [2.75, 3.05) is 13.1 Å². The summed E-state index contributed by atoms with van der Waals surface area (Å²) in [6, 6.07) is 1.38. The fraction of sp³-hybridized carbons (Fsp3) is 0.667. The second-order valence-electron chi connectivity index (χ2n) is 5.86. The maximum absolute atomic E-state index is 12.6. The van der Waals surface area contributed by atoms with Crippen LogP contribution < -0.4 is 0 Å². The van der Waals surface area contributed by atoms with Gasteiger partial charge in [-0.2, -0.15) is 5.10 Å². The van der Waals surface area contributed by atoms with Crippen LogP contribution in [0.1, 0.15) is 45.6 Å². The normalized spacial score (nSPS) is 23.8. The van der Waals surface area contributed by atoms with Gasteiger partial charge < -0.3 is 10.0 Å². The van der Waals surface area contributed by atoms with Crippen molar-refractivity contribution in [1.82, 2.24) is 14.7 Å². The number of carbonyl (C=O) groups is 2. The summed E-state index contributed by atoms with van der Waals surface area (Å²) in [5, 5.41) is 13.7. The van der Waals surface area contributed by atoms with Crippen molar-refractivity contribution < 1.29 is 14.7 Å². The van der Waals surface area contributed by atoms with Gasteiger partial charge in [0.25, 0.3) is 0 Å². The lowest BCUT2D eigenvalue weighted by molar-refractivity contribution is -0.156. The van der Waals surface area contributed by atoms with Gasteiger partial charge in [-0.25, -0.2) is 0 Å². The number of nitrogens with zero attached hydrogens (tertiary/aromatic N) is 3. The van der Waals surface area contributed by atoms with Crippen LogP contribution >= 0.6 is 0 Å². The number of aromatic nitrogens is 2.